The van der Waals surface area contributed by atoms with Crippen molar-refractivity contribution in [2.75, 3.05) is 0 Å². The highest BCUT2D eigenvalue weighted by Gasteiger charge is 2.29. The Morgan fingerprint density at radius 2 is 2.42 bits per heavy atom. The van der Waals surface area contributed by atoms with Gasteiger partial charge in [0.15, 0.2) is 0 Å². The smallest absolute Gasteiger partial charge is 0.358 e. The van der Waals surface area contributed by atoms with E-state index in [0.29, 0.717) is 11.6 Å². The monoisotopic (exact) mass is 167 g/mol. The fourth-order valence-electron chi connectivity index (χ4n) is 1.18. The minimum atomic E-state index is -0.436. The predicted octanol–water partition coefficient (Wildman–Crippen LogP) is 1.43. The summed E-state index contributed by atoms with van der Waals surface area (Å²) in [5.74, 6) is -0.0121. The lowest BCUT2D eigenvalue weighted by Gasteiger charge is -1.86. The Kier molecular flexibility index (Phi) is 1.39. The maximum Gasteiger partial charge on any atom is 0.392 e. The molecule has 0 aromatic carbocycles. The maximum absolute atomic E-state index is 10.4. The number of rotatable bonds is 2. The minimum absolute atomic E-state index is 0.0121. The zero-order valence-electron chi connectivity index (χ0n) is 6.73. The molecule has 2 rings (SSSR count). The van der Waals surface area contributed by atoms with Crippen LogP contribution in [0.5, 0.6) is 0 Å². The first-order valence-corrected chi connectivity index (χ1v) is 3.88. The van der Waals surface area contributed by atoms with Crippen molar-refractivity contribution in [3.63, 3.8) is 0 Å². The molecule has 64 valence electrons. The summed E-state index contributed by atoms with van der Waals surface area (Å²) in [4.78, 5) is 9.97. The first kappa shape index (κ1) is 7.27. The number of hydrogen-bond donors (Lipinski definition) is 0. The Labute approximate surface area is 69.1 Å². The first-order valence-electron chi connectivity index (χ1n) is 3.88. The number of nitrogens with zero attached hydrogens (tertiary/aromatic N) is 3. The number of nitro groups is 1. The summed E-state index contributed by atoms with van der Waals surface area (Å²) < 4.78 is 1.70. The van der Waals surface area contributed by atoms with E-state index in [2.05, 4.69) is 5.10 Å². The normalized spacial score (nSPS) is 16.4. The Hall–Kier alpha value is -1.39. The quantitative estimate of drug-likeness (QED) is 0.494. The summed E-state index contributed by atoms with van der Waals surface area (Å²) in [6, 6.07) is 0.414. The molecule has 5 nitrogen and oxygen atoms in total. The van der Waals surface area contributed by atoms with E-state index in [1.54, 1.807) is 17.8 Å². The predicted molar refractivity (Wildman–Crippen MR) is 41.9 cm³/mol. The summed E-state index contributed by atoms with van der Waals surface area (Å²) >= 11 is 0. The summed E-state index contributed by atoms with van der Waals surface area (Å²) in [5.41, 5.74) is 0.645. The summed E-state index contributed by atoms with van der Waals surface area (Å²) in [5, 5.41) is 14.3. The molecular weight excluding hydrogens is 158 g/mol. The molecule has 1 aliphatic rings. The molecule has 12 heavy (non-hydrogen) atoms. The average Bonchev–Trinajstić information content (AvgIpc) is 2.75. The molecule has 1 aromatic heterocycles. The zero-order valence-corrected chi connectivity index (χ0v) is 6.73. The van der Waals surface area contributed by atoms with Crippen molar-refractivity contribution in [2.24, 2.45) is 0 Å². The standard InChI is InChI=1S/C7H9N3O2/c1-5-4-9(6-2-3-6)8-7(5)10(11)12/h4,6H,2-3H2,1H3. The van der Waals surface area contributed by atoms with Gasteiger partial charge >= 0.3 is 5.82 Å². The molecule has 0 amide bonds. The van der Waals surface area contributed by atoms with Gasteiger partial charge in [0.25, 0.3) is 0 Å². The number of aromatic nitrogens is 2. The van der Waals surface area contributed by atoms with E-state index in [-0.39, 0.29) is 5.82 Å². The van der Waals surface area contributed by atoms with E-state index < -0.39 is 4.92 Å². The number of aryl methyl sites for hydroxylation is 1. The second-order valence-corrected chi connectivity index (χ2v) is 3.10. The van der Waals surface area contributed by atoms with Crippen molar-refractivity contribution in [2.45, 2.75) is 25.8 Å². The fourth-order valence-corrected chi connectivity index (χ4v) is 1.18. The zero-order chi connectivity index (χ0) is 8.72. The van der Waals surface area contributed by atoms with Gasteiger partial charge < -0.3 is 10.1 Å². The van der Waals surface area contributed by atoms with Crippen molar-refractivity contribution < 1.29 is 4.92 Å². The molecular formula is C7H9N3O2. The Morgan fingerprint density at radius 3 is 2.83 bits per heavy atom. The molecule has 0 unspecified atom stereocenters. The van der Waals surface area contributed by atoms with Crippen molar-refractivity contribution >= 4 is 5.82 Å². The first-order chi connectivity index (χ1) is 5.68. The van der Waals surface area contributed by atoms with Gasteiger partial charge in [0.1, 0.15) is 0 Å². The van der Waals surface area contributed by atoms with Crippen LogP contribution in [0.3, 0.4) is 0 Å². The lowest BCUT2D eigenvalue weighted by atomic mass is 10.4. The third-order valence-corrected chi connectivity index (χ3v) is 1.98. The Balaban J connectivity index is 2.36. The van der Waals surface area contributed by atoms with E-state index >= 15 is 0 Å². The minimum Gasteiger partial charge on any atom is -0.358 e. The highest BCUT2D eigenvalue weighted by Crippen LogP contribution is 2.35. The molecule has 5 heteroatoms. The topological polar surface area (TPSA) is 61.0 Å². The molecule has 0 atom stereocenters. The van der Waals surface area contributed by atoms with Crippen molar-refractivity contribution in [3.8, 4) is 0 Å². The molecule has 1 saturated carbocycles. The molecule has 0 N–H and O–H groups in total. The third-order valence-electron chi connectivity index (χ3n) is 1.98. The van der Waals surface area contributed by atoms with Gasteiger partial charge in [0.2, 0.25) is 0 Å². The van der Waals surface area contributed by atoms with Crippen LogP contribution < -0.4 is 0 Å². The molecule has 0 saturated heterocycles. The summed E-state index contributed by atoms with van der Waals surface area (Å²) in [6.07, 6.45) is 3.94. The molecule has 0 spiro atoms. The van der Waals surface area contributed by atoms with Gasteiger partial charge in [-0.3, -0.25) is 0 Å². The van der Waals surface area contributed by atoms with Gasteiger partial charge in [-0.15, -0.1) is 0 Å². The lowest BCUT2D eigenvalue weighted by Crippen LogP contribution is -1.95. The average molecular weight is 167 g/mol. The maximum atomic E-state index is 10.4. The van der Waals surface area contributed by atoms with Crippen molar-refractivity contribution in [1.29, 1.82) is 0 Å². The van der Waals surface area contributed by atoms with Crippen LogP contribution in [0.4, 0.5) is 5.82 Å². The van der Waals surface area contributed by atoms with Crippen molar-refractivity contribution in [3.05, 3.63) is 21.9 Å². The van der Waals surface area contributed by atoms with E-state index in [4.69, 9.17) is 0 Å². The second kappa shape index (κ2) is 2.30. The third kappa shape index (κ3) is 1.07. The molecule has 1 heterocycles. The van der Waals surface area contributed by atoms with Crippen LogP contribution in [0, 0.1) is 17.0 Å². The molecule has 1 aromatic rings. The molecule has 0 radical (unpaired) electrons. The van der Waals surface area contributed by atoms with Gasteiger partial charge in [-0.05, 0) is 24.7 Å². The lowest BCUT2D eigenvalue weighted by molar-refractivity contribution is -0.390. The van der Waals surface area contributed by atoms with Crippen LogP contribution in [-0.4, -0.2) is 14.7 Å². The Bertz CT molecular complexity index is 327. The van der Waals surface area contributed by atoms with Gasteiger partial charge in [0, 0.05) is 0 Å². The molecule has 0 bridgehead atoms. The van der Waals surface area contributed by atoms with Crippen LogP contribution >= 0.6 is 0 Å². The van der Waals surface area contributed by atoms with Crippen molar-refractivity contribution in [1.82, 2.24) is 9.78 Å². The van der Waals surface area contributed by atoms with E-state index in [1.807, 2.05) is 0 Å². The highest BCUT2D eigenvalue weighted by atomic mass is 16.6. The van der Waals surface area contributed by atoms with E-state index in [1.165, 1.54) is 0 Å². The Morgan fingerprint density at radius 1 is 1.75 bits per heavy atom. The molecule has 1 aliphatic carbocycles. The van der Waals surface area contributed by atoms with Crippen LogP contribution in [0.1, 0.15) is 24.4 Å². The fraction of sp³-hybridized carbons (Fsp3) is 0.571. The molecule has 1 fully saturated rings. The summed E-state index contributed by atoms with van der Waals surface area (Å²) in [7, 11) is 0. The van der Waals surface area contributed by atoms with Crippen LogP contribution in [0.2, 0.25) is 0 Å². The van der Waals surface area contributed by atoms with Crippen LogP contribution in [0.25, 0.3) is 0 Å². The van der Waals surface area contributed by atoms with Crippen LogP contribution in [0.15, 0.2) is 6.20 Å². The number of hydrogen-bond acceptors (Lipinski definition) is 3. The SMILES string of the molecule is Cc1cn(C2CC2)nc1[N+](=O)[O-]. The van der Waals surface area contributed by atoms with Crippen LogP contribution in [-0.2, 0) is 0 Å². The van der Waals surface area contributed by atoms with E-state index in [9.17, 15) is 10.1 Å². The summed E-state index contributed by atoms with van der Waals surface area (Å²) in [6.45, 7) is 1.71. The van der Waals surface area contributed by atoms with Gasteiger partial charge in [-0.25, -0.2) is 0 Å². The van der Waals surface area contributed by atoms with E-state index in [0.717, 1.165) is 12.8 Å². The van der Waals surface area contributed by atoms with Gasteiger partial charge in [0.05, 0.1) is 22.9 Å². The largest absolute Gasteiger partial charge is 0.392 e. The second-order valence-electron chi connectivity index (χ2n) is 3.10. The van der Waals surface area contributed by atoms with Gasteiger partial charge in [-0.1, -0.05) is 0 Å². The molecule has 0 aliphatic heterocycles. The highest BCUT2D eigenvalue weighted by molar-refractivity contribution is 5.28. The van der Waals surface area contributed by atoms with Gasteiger partial charge in [-0.2, -0.15) is 4.68 Å².